The zero-order valence-electron chi connectivity index (χ0n) is 17.9. The third-order valence-electron chi connectivity index (χ3n) is 4.43. The predicted molar refractivity (Wildman–Crippen MR) is 108 cm³/mol. The molecular weight excluding hydrogens is 374 g/mol. The van der Waals surface area contributed by atoms with Crippen molar-refractivity contribution in [3.8, 4) is 5.88 Å². The molecule has 160 valence electrons. The molecule has 0 spiro atoms. The van der Waals surface area contributed by atoms with E-state index in [1.807, 2.05) is 13.8 Å². The fraction of sp³-hybridized carbons (Fsp3) is 0.619. The number of rotatable bonds is 7. The summed E-state index contributed by atoms with van der Waals surface area (Å²) in [4.78, 5) is 42.8. The van der Waals surface area contributed by atoms with E-state index in [9.17, 15) is 14.4 Å². The first kappa shape index (κ1) is 22.6. The summed E-state index contributed by atoms with van der Waals surface area (Å²) in [5.74, 6) is -0.335. The molecule has 1 aromatic heterocycles. The Hall–Kier alpha value is -2.64. The molecule has 0 saturated carbocycles. The highest BCUT2D eigenvalue weighted by atomic mass is 16.6. The molecule has 0 aliphatic carbocycles. The lowest BCUT2D eigenvalue weighted by Crippen LogP contribution is -2.43. The highest BCUT2D eigenvalue weighted by molar-refractivity contribution is 6.03. The number of ether oxygens (including phenoxy) is 2. The van der Waals surface area contributed by atoms with Gasteiger partial charge in [-0.2, -0.15) is 0 Å². The van der Waals surface area contributed by atoms with Crippen LogP contribution in [0.5, 0.6) is 5.88 Å². The summed E-state index contributed by atoms with van der Waals surface area (Å²) in [6.07, 6.45) is 2.82. The van der Waals surface area contributed by atoms with Gasteiger partial charge in [0, 0.05) is 23.9 Å². The van der Waals surface area contributed by atoms with Crippen LogP contribution in [0.25, 0.3) is 0 Å². The first-order valence-corrected chi connectivity index (χ1v) is 9.92. The molecule has 2 rings (SSSR count). The largest absolute Gasteiger partial charge is 0.467 e. The Kier molecular flexibility index (Phi) is 7.21. The Labute approximate surface area is 171 Å². The summed E-state index contributed by atoms with van der Waals surface area (Å²) in [7, 11) is 0. The fourth-order valence-corrected chi connectivity index (χ4v) is 3.33. The summed E-state index contributed by atoms with van der Waals surface area (Å²) in [5.41, 5.74) is 5.62. The van der Waals surface area contributed by atoms with Crippen LogP contribution in [0.15, 0.2) is 12.3 Å². The van der Waals surface area contributed by atoms with E-state index in [0.29, 0.717) is 30.5 Å². The SMILES string of the molecule is CC(C)Cc1c(C(=O)[C@@H]2CCCN2C(=O)OC(C)(C)C)ccnc1OCC(N)=O. The van der Waals surface area contributed by atoms with E-state index in [4.69, 9.17) is 15.2 Å². The molecule has 0 radical (unpaired) electrons. The number of ketones is 1. The fourth-order valence-electron chi connectivity index (χ4n) is 3.33. The van der Waals surface area contributed by atoms with E-state index in [0.717, 1.165) is 6.42 Å². The minimum atomic E-state index is -0.636. The summed E-state index contributed by atoms with van der Waals surface area (Å²) in [6.45, 7) is 9.57. The van der Waals surface area contributed by atoms with Gasteiger partial charge < -0.3 is 15.2 Å². The van der Waals surface area contributed by atoms with Crippen molar-refractivity contribution in [3.05, 3.63) is 23.4 Å². The molecule has 1 aliphatic rings. The maximum Gasteiger partial charge on any atom is 0.410 e. The van der Waals surface area contributed by atoms with Crippen molar-refractivity contribution >= 4 is 17.8 Å². The smallest absolute Gasteiger partial charge is 0.410 e. The van der Waals surface area contributed by atoms with Crippen LogP contribution in [0.1, 0.15) is 63.4 Å². The van der Waals surface area contributed by atoms with Gasteiger partial charge in [-0.1, -0.05) is 13.8 Å². The lowest BCUT2D eigenvalue weighted by molar-refractivity contribution is -0.120. The van der Waals surface area contributed by atoms with Crippen molar-refractivity contribution in [2.75, 3.05) is 13.2 Å². The lowest BCUT2D eigenvalue weighted by atomic mass is 9.93. The van der Waals surface area contributed by atoms with Crippen molar-refractivity contribution < 1.29 is 23.9 Å². The first-order chi connectivity index (χ1) is 13.5. The molecule has 1 fully saturated rings. The van der Waals surface area contributed by atoms with Gasteiger partial charge in [0.05, 0.1) is 6.04 Å². The molecular formula is C21H31N3O5. The van der Waals surface area contributed by atoms with E-state index in [1.165, 1.54) is 11.1 Å². The van der Waals surface area contributed by atoms with Gasteiger partial charge in [-0.25, -0.2) is 9.78 Å². The number of carbonyl (C=O) groups is 3. The molecule has 1 atom stereocenters. The number of aromatic nitrogens is 1. The Morgan fingerprint density at radius 2 is 2.00 bits per heavy atom. The number of primary amides is 1. The van der Waals surface area contributed by atoms with Crippen LogP contribution in [-0.4, -0.2) is 52.5 Å². The van der Waals surface area contributed by atoms with Crippen LogP contribution in [-0.2, 0) is 16.0 Å². The van der Waals surface area contributed by atoms with Crippen LogP contribution < -0.4 is 10.5 Å². The van der Waals surface area contributed by atoms with Gasteiger partial charge in [0.2, 0.25) is 5.88 Å². The highest BCUT2D eigenvalue weighted by Gasteiger charge is 2.38. The number of nitrogens with two attached hydrogens (primary N) is 1. The topological polar surface area (TPSA) is 112 Å². The summed E-state index contributed by atoms with van der Waals surface area (Å²) >= 11 is 0. The minimum Gasteiger partial charge on any atom is -0.467 e. The van der Waals surface area contributed by atoms with E-state index in [1.54, 1.807) is 26.8 Å². The summed E-state index contributed by atoms with van der Waals surface area (Å²) in [6, 6.07) is 1.05. The monoisotopic (exact) mass is 405 g/mol. The van der Waals surface area contributed by atoms with Crippen molar-refractivity contribution in [2.45, 2.75) is 65.5 Å². The molecule has 1 aliphatic heterocycles. The zero-order chi connectivity index (χ0) is 21.8. The van der Waals surface area contributed by atoms with Crippen LogP contribution in [0, 0.1) is 5.92 Å². The van der Waals surface area contributed by atoms with Crippen molar-refractivity contribution in [2.24, 2.45) is 11.7 Å². The number of hydrogen-bond donors (Lipinski definition) is 1. The molecule has 2 heterocycles. The maximum atomic E-state index is 13.4. The van der Waals surface area contributed by atoms with Crippen molar-refractivity contribution in [1.29, 1.82) is 0 Å². The zero-order valence-corrected chi connectivity index (χ0v) is 17.9. The number of pyridine rings is 1. The molecule has 0 unspecified atom stereocenters. The average Bonchev–Trinajstić information content (AvgIpc) is 3.08. The third-order valence-corrected chi connectivity index (χ3v) is 4.43. The van der Waals surface area contributed by atoms with E-state index < -0.39 is 23.6 Å². The second-order valence-corrected chi connectivity index (χ2v) is 8.69. The second-order valence-electron chi connectivity index (χ2n) is 8.69. The average molecular weight is 405 g/mol. The van der Waals surface area contributed by atoms with E-state index in [2.05, 4.69) is 4.98 Å². The van der Waals surface area contributed by atoms with E-state index in [-0.39, 0.29) is 24.2 Å². The van der Waals surface area contributed by atoms with Gasteiger partial charge in [0.15, 0.2) is 12.4 Å². The minimum absolute atomic E-state index is 0.171. The van der Waals surface area contributed by atoms with Gasteiger partial charge in [-0.15, -0.1) is 0 Å². The van der Waals surface area contributed by atoms with Crippen LogP contribution in [0.3, 0.4) is 0 Å². The molecule has 1 saturated heterocycles. The third kappa shape index (κ3) is 6.17. The number of hydrogen-bond acceptors (Lipinski definition) is 6. The predicted octanol–water partition coefficient (Wildman–Crippen LogP) is 2.73. The van der Waals surface area contributed by atoms with Crippen LogP contribution in [0.4, 0.5) is 4.79 Å². The molecule has 8 heteroatoms. The quantitative estimate of drug-likeness (QED) is 0.698. The number of carbonyl (C=O) groups excluding carboxylic acids is 3. The molecule has 0 aromatic carbocycles. The van der Waals surface area contributed by atoms with Gasteiger partial charge >= 0.3 is 6.09 Å². The highest BCUT2D eigenvalue weighted by Crippen LogP contribution is 2.29. The van der Waals surface area contributed by atoms with Crippen LogP contribution in [0.2, 0.25) is 0 Å². The standard InChI is InChI=1S/C21H31N3O5/c1-13(2)11-15-14(8-9-23-19(15)28-12-17(22)25)18(26)16-7-6-10-24(16)20(27)29-21(3,4)5/h8-9,13,16H,6-7,10-12H2,1-5H3,(H2,22,25)/t16-/m0/s1. The normalized spacial score (nSPS) is 16.8. The lowest BCUT2D eigenvalue weighted by Gasteiger charge is -2.28. The Morgan fingerprint density at radius 3 is 2.59 bits per heavy atom. The summed E-state index contributed by atoms with van der Waals surface area (Å²) < 4.78 is 10.9. The molecule has 0 bridgehead atoms. The molecule has 1 aromatic rings. The molecule has 2 N–H and O–H groups in total. The number of amides is 2. The first-order valence-electron chi connectivity index (χ1n) is 9.92. The van der Waals surface area contributed by atoms with Gasteiger partial charge in [-0.05, 0) is 52.0 Å². The van der Waals surface area contributed by atoms with Crippen LogP contribution >= 0.6 is 0 Å². The molecule has 2 amide bonds. The Morgan fingerprint density at radius 1 is 1.31 bits per heavy atom. The van der Waals surface area contributed by atoms with E-state index >= 15 is 0 Å². The van der Waals surface area contributed by atoms with Gasteiger partial charge in [-0.3, -0.25) is 14.5 Å². The Balaban J connectivity index is 2.34. The van der Waals surface area contributed by atoms with Crippen molar-refractivity contribution in [3.63, 3.8) is 0 Å². The van der Waals surface area contributed by atoms with Gasteiger partial charge in [0.1, 0.15) is 5.60 Å². The van der Waals surface area contributed by atoms with Crippen molar-refractivity contribution in [1.82, 2.24) is 9.88 Å². The molecule has 29 heavy (non-hydrogen) atoms. The molecule has 8 nitrogen and oxygen atoms in total. The number of likely N-dealkylation sites (tertiary alicyclic amines) is 1. The maximum absolute atomic E-state index is 13.4. The van der Waals surface area contributed by atoms with Gasteiger partial charge in [0.25, 0.3) is 5.91 Å². The Bertz CT molecular complexity index is 770. The second kappa shape index (κ2) is 9.24. The summed E-state index contributed by atoms with van der Waals surface area (Å²) in [5, 5.41) is 0. The number of Topliss-reactive ketones (excluding diaryl/α,β-unsaturated/α-hetero) is 1. The number of nitrogens with zero attached hydrogens (tertiary/aromatic N) is 2.